The van der Waals surface area contributed by atoms with Gasteiger partial charge in [-0.05, 0) is 5.92 Å². The van der Waals surface area contributed by atoms with Crippen LogP contribution in [0.5, 0.6) is 0 Å². The van der Waals surface area contributed by atoms with Crippen molar-refractivity contribution in [1.82, 2.24) is 19.8 Å². The number of hydrogen-bond donors (Lipinski definition) is 1. The highest BCUT2D eigenvalue weighted by molar-refractivity contribution is 5.76. The standard InChI is InChI=1S/C12H20N4O/c1-10(2)11-7-14-9-16(11)8-12(17)15-5-3-13-4-6-15/h7,9-10,13H,3-6,8H2,1-2H3. The second-order valence-corrected chi connectivity index (χ2v) is 4.73. The summed E-state index contributed by atoms with van der Waals surface area (Å²) >= 11 is 0. The minimum absolute atomic E-state index is 0.186. The van der Waals surface area contributed by atoms with Crippen LogP contribution in [0.15, 0.2) is 12.5 Å². The van der Waals surface area contributed by atoms with Crippen LogP contribution in [0.4, 0.5) is 0 Å². The molecule has 1 aromatic heterocycles. The predicted molar refractivity (Wildman–Crippen MR) is 65.8 cm³/mol. The fourth-order valence-corrected chi connectivity index (χ4v) is 2.10. The Morgan fingerprint density at radius 1 is 1.47 bits per heavy atom. The predicted octanol–water partition coefficient (Wildman–Crippen LogP) is 0.438. The second kappa shape index (κ2) is 5.31. The number of piperazine rings is 1. The normalized spacial score (nSPS) is 16.5. The first kappa shape index (κ1) is 12.1. The number of carbonyl (C=O) groups is 1. The van der Waals surface area contributed by atoms with E-state index in [1.807, 2.05) is 15.7 Å². The zero-order valence-corrected chi connectivity index (χ0v) is 10.5. The Labute approximate surface area is 102 Å². The summed E-state index contributed by atoms with van der Waals surface area (Å²) in [4.78, 5) is 18.1. The Kier molecular flexibility index (Phi) is 3.78. The van der Waals surface area contributed by atoms with Gasteiger partial charge in [-0.2, -0.15) is 0 Å². The Balaban J connectivity index is 1.99. The molecule has 0 atom stereocenters. The number of amides is 1. The van der Waals surface area contributed by atoms with Crippen molar-refractivity contribution in [2.45, 2.75) is 26.3 Å². The fraction of sp³-hybridized carbons (Fsp3) is 0.667. The van der Waals surface area contributed by atoms with Crippen molar-refractivity contribution in [2.75, 3.05) is 26.2 Å². The van der Waals surface area contributed by atoms with Crippen molar-refractivity contribution < 1.29 is 4.79 Å². The van der Waals surface area contributed by atoms with E-state index in [0.29, 0.717) is 12.5 Å². The molecule has 0 saturated carbocycles. The number of aromatic nitrogens is 2. The lowest BCUT2D eigenvalue weighted by Gasteiger charge is -2.27. The van der Waals surface area contributed by atoms with E-state index in [9.17, 15) is 4.79 Å². The molecule has 5 heteroatoms. The summed E-state index contributed by atoms with van der Waals surface area (Å²) < 4.78 is 1.95. The van der Waals surface area contributed by atoms with Gasteiger partial charge < -0.3 is 14.8 Å². The van der Waals surface area contributed by atoms with Gasteiger partial charge in [0.15, 0.2) is 0 Å². The Hall–Kier alpha value is -1.36. The molecule has 1 saturated heterocycles. The van der Waals surface area contributed by atoms with E-state index in [0.717, 1.165) is 31.9 Å². The smallest absolute Gasteiger partial charge is 0.242 e. The molecular formula is C12H20N4O. The van der Waals surface area contributed by atoms with Gasteiger partial charge in [-0.15, -0.1) is 0 Å². The molecule has 1 amide bonds. The molecule has 1 N–H and O–H groups in total. The van der Waals surface area contributed by atoms with Gasteiger partial charge in [0, 0.05) is 38.1 Å². The largest absolute Gasteiger partial charge is 0.339 e. The van der Waals surface area contributed by atoms with Gasteiger partial charge >= 0.3 is 0 Å². The molecule has 1 aliphatic heterocycles. The van der Waals surface area contributed by atoms with Crippen LogP contribution in [0, 0.1) is 0 Å². The van der Waals surface area contributed by atoms with E-state index in [1.54, 1.807) is 6.33 Å². The minimum atomic E-state index is 0.186. The van der Waals surface area contributed by atoms with Gasteiger partial charge in [0.05, 0.1) is 6.33 Å². The Morgan fingerprint density at radius 2 is 2.18 bits per heavy atom. The summed E-state index contributed by atoms with van der Waals surface area (Å²) in [6, 6.07) is 0. The highest BCUT2D eigenvalue weighted by Gasteiger charge is 2.17. The van der Waals surface area contributed by atoms with Crippen LogP contribution in [0.25, 0.3) is 0 Å². The summed E-state index contributed by atoms with van der Waals surface area (Å²) in [5, 5.41) is 3.25. The van der Waals surface area contributed by atoms with Gasteiger partial charge in [-0.1, -0.05) is 13.8 Å². The van der Waals surface area contributed by atoms with E-state index in [4.69, 9.17) is 0 Å². The molecule has 1 aliphatic rings. The maximum Gasteiger partial charge on any atom is 0.242 e. The molecular weight excluding hydrogens is 216 g/mol. The van der Waals surface area contributed by atoms with Gasteiger partial charge in [-0.25, -0.2) is 4.98 Å². The van der Waals surface area contributed by atoms with Gasteiger partial charge in [0.2, 0.25) is 5.91 Å². The fourth-order valence-electron chi connectivity index (χ4n) is 2.10. The lowest BCUT2D eigenvalue weighted by atomic mass is 10.1. The topological polar surface area (TPSA) is 50.2 Å². The van der Waals surface area contributed by atoms with E-state index < -0.39 is 0 Å². The molecule has 0 spiro atoms. The van der Waals surface area contributed by atoms with Crippen LogP contribution in [-0.2, 0) is 11.3 Å². The Bertz CT molecular complexity index is 380. The molecule has 17 heavy (non-hydrogen) atoms. The maximum absolute atomic E-state index is 12.1. The SMILES string of the molecule is CC(C)c1cncn1CC(=O)N1CCNCC1. The van der Waals surface area contributed by atoms with Crippen LogP contribution in [0.1, 0.15) is 25.5 Å². The van der Waals surface area contributed by atoms with E-state index >= 15 is 0 Å². The van der Waals surface area contributed by atoms with Crippen LogP contribution in [0.3, 0.4) is 0 Å². The molecule has 2 heterocycles. The third-order valence-corrected chi connectivity index (χ3v) is 3.11. The molecule has 0 aliphatic carbocycles. The highest BCUT2D eigenvalue weighted by Crippen LogP contribution is 2.13. The quantitative estimate of drug-likeness (QED) is 0.828. The number of carbonyl (C=O) groups excluding carboxylic acids is 1. The number of nitrogens with zero attached hydrogens (tertiary/aromatic N) is 3. The average Bonchev–Trinajstić information content (AvgIpc) is 2.78. The molecule has 0 aromatic carbocycles. The third-order valence-electron chi connectivity index (χ3n) is 3.11. The summed E-state index contributed by atoms with van der Waals surface area (Å²) in [5.41, 5.74) is 1.12. The monoisotopic (exact) mass is 236 g/mol. The number of nitrogens with one attached hydrogen (secondary N) is 1. The molecule has 0 radical (unpaired) electrons. The molecule has 1 aromatic rings. The van der Waals surface area contributed by atoms with Crippen molar-refractivity contribution >= 4 is 5.91 Å². The third kappa shape index (κ3) is 2.85. The number of hydrogen-bond acceptors (Lipinski definition) is 3. The van der Waals surface area contributed by atoms with Crippen molar-refractivity contribution in [3.8, 4) is 0 Å². The molecule has 0 unspecified atom stereocenters. The molecule has 94 valence electrons. The van der Waals surface area contributed by atoms with Crippen molar-refractivity contribution in [1.29, 1.82) is 0 Å². The first-order valence-electron chi connectivity index (χ1n) is 6.17. The molecule has 0 bridgehead atoms. The van der Waals surface area contributed by atoms with E-state index in [-0.39, 0.29) is 5.91 Å². The molecule has 1 fully saturated rings. The summed E-state index contributed by atoms with van der Waals surface area (Å²) in [6.45, 7) is 8.05. The minimum Gasteiger partial charge on any atom is -0.339 e. The first-order valence-corrected chi connectivity index (χ1v) is 6.17. The second-order valence-electron chi connectivity index (χ2n) is 4.73. The van der Waals surface area contributed by atoms with E-state index in [2.05, 4.69) is 24.1 Å². The van der Waals surface area contributed by atoms with Crippen molar-refractivity contribution in [2.24, 2.45) is 0 Å². The van der Waals surface area contributed by atoms with Crippen molar-refractivity contribution in [3.05, 3.63) is 18.2 Å². The molecule has 2 rings (SSSR count). The lowest BCUT2D eigenvalue weighted by molar-refractivity contribution is -0.132. The zero-order valence-electron chi connectivity index (χ0n) is 10.5. The van der Waals surface area contributed by atoms with Gasteiger partial charge in [-0.3, -0.25) is 4.79 Å². The maximum atomic E-state index is 12.1. The molecule has 5 nitrogen and oxygen atoms in total. The summed E-state index contributed by atoms with van der Waals surface area (Å²) in [5.74, 6) is 0.583. The summed E-state index contributed by atoms with van der Waals surface area (Å²) in [6.07, 6.45) is 3.59. The van der Waals surface area contributed by atoms with Gasteiger partial charge in [0.25, 0.3) is 0 Å². The first-order chi connectivity index (χ1) is 8.18. The lowest BCUT2D eigenvalue weighted by Crippen LogP contribution is -2.47. The average molecular weight is 236 g/mol. The van der Waals surface area contributed by atoms with Gasteiger partial charge in [0.1, 0.15) is 6.54 Å². The van der Waals surface area contributed by atoms with E-state index in [1.165, 1.54) is 0 Å². The van der Waals surface area contributed by atoms with Crippen LogP contribution < -0.4 is 5.32 Å². The highest BCUT2D eigenvalue weighted by atomic mass is 16.2. The summed E-state index contributed by atoms with van der Waals surface area (Å²) in [7, 11) is 0. The number of imidazole rings is 1. The number of rotatable bonds is 3. The van der Waals surface area contributed by atoms with Crippen LogP contribution in [0.2, 0.25) is 0 Å². The zero-order chi connectivity index (χ0) is 12.3. The Morgan fingerprint density at radius 3 is 2.82 bits per heavy atom. The van der Waals surface area contributed by atoms with Crippen LogP contribution in [-0.4, -0.2) is 46.5 Å². The van der Waals surface area contributed by atoms with Crippen LogP contribution >= 0.6 is 0 Å². The van der Waals surface area contributed by atoms with Crippen molar-refractivity contribution in [3.63, 3.8) is 0 Å².